The molecular weight excluding hydrogens is 382 g/mol. The van der Waals surface area contributed by atoms with E-state index in [1.807, 2.05) is 35.0 Å². The van der Waals surface area contributed by atoms with Crippen LogP contribution in [0.25, 0.3) is 0 Å². The summed E-state index contributed by atoms with van der Waals surface area (Å²) in [7, 11) is 0. The lowest BCUT2D eigenvalue weighted by Gasteiger charge is -2.42. The monoisotopic (exact) mass is 403 g/mol. The number of anilines is 1. The molecule has 1 unspecified atom stereocenters. The van der Waals surface area contributed by atoms with Crippen LogP contribution in [-0.2, 0) is 19.9 Å². The SMILES string of the molecule is O=C1CC(=O)N(S)C(c2ccsc2)(c2cccc(NC3CCOCC3)n2)C1. The molecule has 2 aromatic heterocycles. The van der Waals surface area contributed by atoms with Crippen LogP contribution in [0.4, 0.5) is 5.82 Å². The topological polar surface area (TPSA) is 71.5 Å². The minimum Gasteiger partial charge on any atom is -0.381 e. The van der Waals surface area contributed by atoms with E-state index in [1.165, 1.54) is 15.6 Å². The molecule has 2 fully saturated rings. The number of rotatable bonds is 4. The second kappa shape index (κ2) is 7.61. The van der Waals surface area contributed by atoms with Gasteiger partial charge < -0.3 is 10.1 Å². The fourth-order valence-corrected chi connectivity index (χ4v) is 4.83. The maximum absolute atomic E-state index is 12.5. The Morgan fingerprint density at radius 1 is 1.26 bits per heavy atom. The third kappa shape index (κ3) is 3.49. The van der Waals surface area contributed by atoms with Crippen LogP contribution in [-0.4, -0.2) is 40.2 Å². The number of ether oxygens (including phenoxy) is 1. The second-order valence-electron chi connectivity index (χ2n) is 6.91. The third-order valence-corrected chi connectivity index (χ3v) is 6.39. The first-order valence-corrected chi connectivity index (χ1v) is 10.3. The van der Waals surface area contributed by atoms with Crippen molar-refractivity contribution < 1.29 is 14.3 Å². The Morgan fingerprint density at radius 3 is 2.81 bits per heavy atom. The van der Waals surface area contributed by atoms with E-state index in [4.69, 9.17) is 9.72 Å². The maximum Gasteiger partial charge on any atom is 0.240 e. The van der Waals surface area contributed by atoms with Gasteiger partial charge in [-0.25, -0.2) is 4.98 Å². The van der Waals surface area contributed by atoms with Gasteiger partial charge in [-0.2, -0.15) is 11.3 Å². The highest BCUT2D eigenvalue weighted by Crippen LogP contribution is 2.44. The number of amides is 1. The van der Waals surface area contributed by atoms with Gasteiger partial charge in [0.15, 0.2) is 0 Å². The number of carbonyl (C=O) groups is 2. The molecule has 0 aromatic carbocycles. The molecule has 1 amide bonds. The van der Waals surface area contributed by atoms with Gasteiger partial charge in [0.2, 0.25) is 5.91 Å². The van der Waals surface area contributed by atoms with Gasteiger partial charge in [0.1, 0.15) is 17.1 Å². The molecule has 2 aliphatic heterocycles. The van der Waals surface area contributed by atoms with Gasteiger partial charge in [0.25, 0.3) is 0 Å². The highest BCUT2D eigenvalue weighted by Gasteiger charge is 2.49. The molecule has 2 saturated heterocycles. The number of pyridine rings is 1. The first kappa shape index (κ1) is 18.5. The smallest absolute Gasteiger partial charge is 0.240 e. The van der Waals surface area contributed by atoms with Crippen molar-refractivity contribution >= 4 is 41.7 Å². The van der Waals surface area contributed by atoms with Crippen LogP contribution >= 0.6 is 24.2 Å². The highest BCUT2D eigenvalue weighted by atomic mass is 32.1. The summed E-state index contributed by atoms with van der Waals surface area (Å²) in [6.07, 6.45) is 1.91. The number of nitrogens with zero attached hydrogens (tertiary/aromatic N) is 2. The summed E-state index contributed by atoms with van der Waals surface area (Å²) in [5.41, 5.74) is 0.525. The van der Waals surface area contributed by atoms with Gasteiger partial charge in [-0.1, -0.05) is 18.9 Å². The fourth-order valence-electron chi connectivity index (χ4n) is 3.75. The summed E-state index contributed by atoms with van der Waals surface area (Å²) in [6, 6.07) is 7.92. The number of aromatic nitrogens is 1. The molecular formula is C19H21N3O3S2. The van der Waals surface area contributed by atoms with Crippen molar-refractivity contribution in [1.29, 1.82) is 0 Å². The van der Waals surface area contributed by atoms with E-state index in [9.17, 15) is 9.59 Å². The first-order chi connectivity index (χ1) is 13.1. The highest BCUT2D eigenvalue weighted by molar-refractivity contribution is 7.78. The van der Waals surface area contributed by atoms with Crippen molar-refractivity contribution in [3.63, 3.8) is 0 Å². The maximum atomic E-state index is 12.5. The summed E-state index contributed by atoms with van der Waals surface area (Å²) in [4.78, 5) is 29.6. The van der Waals surface area contributed by atoms with Crippen molar-refractivity contribution in [3.05, 3.63) is 46.3 Å². The minimum absolute atomic E-state index is 0.0962. The lowest BCUT2D eigenvalue weighted by Crippen LogP contribution is -2.51. The summed E-state index contributed by atoms with van der Waals surface area (Å²) < 4.78 is 6.79. The van der Waals surface area contributed by atoms with E-state index >= 15 is 0 Å². The van der Waals surface area contributed by atoms with Crippen molar-refractivity contribution in [2.45, 2.75) is 37.3 Å². The van der Waals surface area contributed by atoms with Crippen molar-refractivity contribution in [2.75, 3.05) is 18.5 Å². The largest absolute Gasteiger partial charge is 0.381 e. The molecule has 8 heteroatoms. The van der Waals surface area contributed by atoms with Gasteiger partial charge in [0.05, 0.1) is 12.1 Å². The van der Waals surface area contributed by atoms with Gasteiger partial charge in [0, 0.05) is 25.7 Å². The number of thiophene rings is 1. The van der Waals surface area contributed by atoms with Crippen molar-refractivity contribution in [1.82, 2.24) is 9.29 Å². The molecule has 4 rings (SSSR count). The van der Waals surface area contributed by atoms with E-state index < -0.39 is 5.54 Å². The molecule has 27 heavy (non-hydrogen) atoms. The molecule has 0 spiro atoms. The Bertz CT molecular complexity index is 836. The number of nitrogens with one attached hydrogen (secondary N) is 1. The average Bonchev–Trinajstić information content (AvgIpc) is 3.21. The lowest BCUT2D eigenvalue weighted by molar-refractivity contribution is -0.139. The fraction of sp³-hybridized carbons (Fsp3) is 0.421. The Morgan fingerprint density at radius 2 is 2.07 bits per heavy atom. The van der Waals surface area contributed by atoms with Crippen LogP contribution in [0.15, 0.2) is 35.0 Å². The molecule has 1 atom stereocenters. The van der Waals surface area contributed by atoms with Crippen molar-refractivity contribution in [2.24, 2.45) is 0 Å². The first-order valence-electron chi connectivity index (χ1n) is 8.98. The van der Waals surface area contributed by atoms with Crippen LogP contribution in [0.5, 0.6) is 0 Å². The minimum atomic E-state index is -0.983. The van der Waals surface area contributed by atoms with E-state index in [0.717, 1.165) is 37.4 Å². The molecule has 4 heterocycles. The molecule has 0 radical (unpaired) electrons. The van der Waals surface area contributed by atoms with E-state index in [1.54, 1.807) is 0 Å². The van der Waals surface area contributed by atoms with Gasteiger partial charge in [-0.05, 0) is 47.4 Å². The molecule has 1 N–H and O–H groups in total. The molecule has 2 aliphatic rings. The number of Topliss-reactive ketones (excluding diaryl/α,β-unsaturated/α-hetero) is 1. The van der Waals surface area contributed by atoms with Gasteiger partial charge in [-0.15, -0.1) is 0 Å². The Balaban J connectivity index is 1.74. The predicted octanol–water partition coefficient (Wildman–Crippen LogP) is 3.01. The Hall–Kier alpha value is -1.90. The number of piperidine rings is 1. The van der Waals surface area contributed by atoms with Gasteiger partial charge in [-0.3, -0.25) is 13.9 Å². The average molecular weight is 404 g/mol. The van der Waals surface area contributed by atoms with Crippen LogP contribution in [0.2, 0.25) is 0 Å². The number of hydrogen-bond donors (Lipinski definition) is 2. The summed E-state index contributed by atoms with van der Waals surface area (Å²) in [5, 5.41) is 7.35. The van der Waals surface area contributed by atoms with Crippen molar-refractivity contribution in [3.8, 4) is 0 Å². The second-order valence-corrected chi connectivity index (χ2v) is 8.09. The van der Waals surface area contributed by atoms with Crippen LogP contribution in [0, 0.1) is 0 Å². The van der Waals surface area contributed by atoms with Gasteiger partial charge >= 0.3 is 0 Å². The van der Waals surface area contributed by atoms with E-state index in [0.29, 0.717) is 11.7 Å². The third-order valence-electron chi connectivity index (χ3n) is 5.14. The van der Waals surface area contributed by atoms with Crippen LogP contribution < -0.4 is 5.32 Å². The molecule has 2 aromatic rings. The molecule has 0 saturated carbocycles. The summed E-state index contributed by atoms with van der Waals surface area (Å²) in [5.74, 6) is 0.340. The zero-order valence-electron chi connectivity index (χ0n) is 14.8. The van der Waals surface area contributed by atoms with Crippen LogP contribution in [0.1, 0.15) is 36.9 Å². The quantitative estimate of drug-likeness (QED) is 0.607. The zero-order chi connectivity index (χ0) is 18.9. The summed E-state index contributed by atoms with van der Waals surface area (Å²) >= 11 is 6.02. The number of ketones is 1. The Labute approximate surface area is 167 Å². The number of carbonyl (C=O) groups excluding carboxylic acids is 2. The normalized spacial score (nSPS) is 24.3. The zero-order valence-corrected chi connectivity index (χ0v) is 16.5. The lowest BCUT2D eigenvalue weighted by atomic mass is 9.79. The van der Waals surface area contributed by atoms with E-state index in [2.05, 4.69) is 18.1 Å². The number of thiol groups is 1. The van der Waals surface area contributed by atoms with E-state index in [-0.39, 0.29) is 24.5 Å². The number of hydrogen-bond acceptors (Lipinski definition) is 7. The predicted molar refractivity (Wildman–Crippen MR) is 107 cm³/mol. The Kier molecular flexibility index (Phi) is 5.21. The summed E-state index contributed by atoms with van der Waals surface area (Å²) in [6.45, 7) is 1.48. The molecule has 142 valence electrons. The molecule has 0 aliphatic carbocycles. The standard InChI is InChI=1S/C19H21N3O3S2/c23-15-10-18(24)22(26)19(11-15,13-6-9-27-12-13)16-2-1-3-17(21-16)20-14-4-7-25-8-5-14/h1-3,6,9,12,14,26H,4-5,7-8,10-11H2,(H,20,21). The van der Waals surface area contributed by atoms with Crippen LogP contribution in [0.3, 0.4) is 0 Å². The molecule has 6 nitrogen and oxygen atoms in total. The molecule has 0 bridgehead atoms.